The molecule has 0 fully saturated rings. The third-order valence-corrected chi connectivity index (χ3v) is 8.16. The standard InChI is InChI=1S/C32H24ClN3O3S/c1-23-7-9-24(10-8-23)22-39-29-15-11-25(12-16-29)32-26(21-36(35-32)28-5-3-2-4-6-28)19-31(20-34)40(37,38)30-17-13-27(33)14-18-30/h2-19,21H,22H2,1H3. The molecule has 6 nitrogen and oxygen atoms in total. The molecule has 0 saturated heterocycles. The molecular weight excluding hydrogens is 542 g/mol. The molecule has 0 bridgehead atoms. The Morgan fingerprint density at radius 1 is 0.950 bits per heavy atom. The number of para-hydroxylation sites is 1. The van der Waals surface area contributed by atoms with E-state index in [1.165, 1.54) is 35.9 Å². The van der Waals surface area contributed by atoms with Crippen molar-refractivity contribution in [1.29, 1.82) is 5.26 Å². The molecule has 5 aromatic rings. The minimum absolute atomic E-state index is 0.0169. The molecule has 1 aromatic heterocycles. The Balaban J connectivity index is 1.50. The summed E-state index contributed by atoms with van der Waals surface area (Å²) in [6.45, 7) is 2.48. The van der Waals surface area contributed by atoms with Crippen molar-refractivity contribution in [3.63, 3.8) is 0 Å². The van der Waals surface area contributed by atoms with Crippen molar-refractivity contribution in [2.75, 3.05) is 0 Å². The zero-order valence-corrected chi connectivity index (χ0v) is 23.1. The van der Waals surface area contributed by atoms with E-state index in [9.17, 15) is 13.7 Å². The van der Waals surface area contributed by atoms with E-state index in [0.717, 1.165) is 16.8 Å². The monoisotopic (exact) mass is 565 g/mol. The number of halogens is 1. The van der Waals surface area contributed by atoms with Gasteiger partial charge in [0, 0.05) is 22.3 Å². The number of benzene rings is 4. The highest BCUT2D eigenvalue weighted by Gasteiger charge is 2.22. The topological polar surface area (TPSA) is 85.0 Å². The maximum atomic E-state index is 13.3. The average molecular weight is 566 g/mol. The molecule has 0 saturated carbocycles. The van der Waals surface area contributed by atoms with Gasteiger partial charge in [0.25, 0.3) is 0 Å². The lowest BCUT2D eigenvalue weighted by Crippen LogP contribution is -2.03. The minimum atomic E-state index is -4.08. The molecule has 0 atom stereocenters. The number of nitrogens with zero attached hydrogens (tertiary/aromatic N) is 3. The summed E-state index contributed by atoms with van der Waals surface area (Å²) in [7, 11) is -4.08. The SMILES string of the molecule is Cc1ccc(COc2ccc(-c3nn(-c4ccccc4)cc3C=C(C#N)S(=O)(=O)c3ccc(Cl)cc3)cc2)cc1. The summed E-state index contributed by atoms with van der Waals surface area (Å²) < 4.78 is 34.2. The number of hydrogen-bond acceptors (Lipinski definition) is 5. The zero-order chi connectivity index (χ0) is 28.1. The molecule has 0 spiro atoms. The van der Waals surface area contributed by atoms with Crippen LogP contribution in [0.15, 0.2) is 119 Å². The highest BCUT2D eigenvalue weighted by Crippen LogP contribution is 2.30. The van der Waals surface area contributed by atoms with Gasteiger partial charge in [-0.3, -0.25) is 0 Å². The molecule has 5 rings (SSSR count). The van der Waals surface area contributed by atoms with Gasteiger partial charge in [0.05, 0.1) is 10.6 Å². The van der Waals surface area contributed by atoms with Gasteiger partial charge in [0.1, 0.15) is 29.0 Å². The number of aryl methyl sites for hydroxylation is 1. The molecule has 0 radical (unpaired) electrons. The van der Waals surface area contributed by atoms with Crippen LogP contribution in [0.5, 0.6) is 5.75 Å². The van der Waals surface area contributed by atoms with Gasteiger partial charge in [0.15, 0.2) is 0 Å². The van der Waals surface area contributed by atoms with Crippen molar-refractivity contribution in [3.05, 3.63) is 136 Å². The lowest BCUT2D eigenvalue weighted by Gasteiger charge is -2.08. The molecule has 0 aliphatic heterocycles. The van der Waals surface area contributed by atoms with E-state index in [4.69, 9.17) is 21.4 Å². The molecule has 0 N–H and O–H groups in total. The van der Waals surface area contributed by atoms with E-state index in [-0.39, 0.29) is 4.90 Å². The molecule has 4 aromatic carbocycles. The first kappa shape index (κ1) is 26.9. The summed E-state index contributed by atoms with van der Waals surface area (Å²) in [6.07, 6.45) is 3.06. The fourth-order valence-corrected chi connectivity index (χ4v) is 5.32. The van der Waals surface area contributed by atoms with Gasteiger partial charge >= 0.3 is 0 Å². The van der Waals surface area contributed by atoms with Gasteiger partial charge in [-0.25, -0.2) is 13.1 Å². The van der Waals surface area contributed by atoms with E-state index < -0.39 is 14.7 Å². The fourth-order valence-electron chi connectivity index (χ4n) is 4.04. The molecule has 0 amide bonds. The van der Waals surface area contributed by atoms with Gasteiger partial charge < -0.3 is 4.74 Å². The molecule has 0 aliphatic rings. The number of aromatic nitrogens is 2. The normalized spacial score (nSPS) is 11.7. The van der Waals surface area contributed by atoms with E-state index in [1.807, 2.05) is 91.9 Å². The summed E-state index contributed by atoms with van der Waals surface area (Å²) in [6, 6.07) is 32.6. The highest BCUT2D eigenvalue weighted by molar-refractivity contribution is 7.95. The summed E-state index contributed by atoms with van der Waals surface area (Å²) in [5.74, 6) is 0.687. The Morgan fingerprint density at radius 2 is 1.62 bits per heavy atom. The highest BCUT2D eigenvalue weighted by atomic mass is 35.5. The van der Waals surface area contributed by atoms with Gasteiger partial charge in [-0.05, 0) is 79.2 Å². The molecule has 0 unspecified atom stereocenters. The molecule has 0 aliphatic carbocycles. The van der Waals surface area contributed by atoms with Crippen LogP contribution in [0.3, 0.4) is 0 Å². The van der Waals surface area contributed by atoms with Crippen LogP contribution in [0.1, 0.15) is 16.7 Å². The fraction of sp³-hybridized carbons (Fsp3) is 0.0625. The van der Waals surface area contributed by atoms with Gasteiger partial charge in [0.2, 0.25) is 9.84 Å². The van der Waals surface area contributed by atoms with Crippen LogP contribution in [-0.4, -0.2) is 18.2 Å². The number of allylic oxidation sites excluding steroid dienone is 1. The van der Waals surface area contributed by atoms with Gasteiger partial charge in [-0.1, -0.05) is 59.6 Å². The maximum Gasteiger partial charge on any atom is 0.216 e. The van der Waals surface area contributed by atoms with Crippen LogP contribution in [0.25, 0.3) is 23.0 Å². The van der Waals surface area contributed by atoms with Crippen molar-refractivity contribution < 1.29 is 13.2 Å². The summed E-state index contributed by atoms with van der Waals surface area (Å²) in [5, 5.41) is 15.0. The molecule has 198 valence electrons. The lowest BCUT2D eigenvalue weighted by atomic mass is 10.1. The Kier molecular flexibility index (Phi) is 7.83. The summed E-state index contributed by atoms with van der Waals surface area (Å²) >= 11 is 5.93. The predicted octanol–water partition coefficient (Wildman–Crippen LogP) is 7.42. The molecule has 40 heavy (non-hydrogen) atoms. The quantitative estimate of drug-likeness (QED) is 0.183. The van der Waals surface area contributed by atoms with Crippen LogP contribution in [0.4, 0.5) is 0 Å². The number of sulfone groups is 1. The number of rotatable bonds is 8. The van der Waals surface area contributed by atoms with Crippen molar-refractivity contribution in [2.45, 2.75) is 18.4 Å². The predicted molar refractivity (Wildman–Crippen MR) is 157 cm³/mol. The third-order valence-electron chi connectivity index (χ3n) is 6.23. The van der Waals surface area contributed by atoms with Crippen LogP contribution in [0, 0.1) is 18.3 Å². The van der Waals surface area contributed by atoms with E-state index >= 15 is 0 Å². The largest absolute Gasteiger partial charge is 0.489 e. The van der Waals surface area contributed by atoms with E-state index in [1.54, 1.807) is 10.9 Å². The number of ether oxygens (including phenoxy) is 1. The average Bonchev–Trinajstić information content (AvgIpc) is 3.40. The Morgan fingerprint density at radius 3 is 2.27 bits per heavy atom. The second kappa shape index (κ2) is 11.6. The van der Waals surface area contributed by atoms with Crippen LogP contribution < -0.4 is 4.74 Å². The molecular formula is C32H24ClN3O3S. The van der Waals surface area contributed by atoms with Gasteiger partial charge in [-0.2, -0.15) is 10.4 Å². The maximum absolute atomic E-state index is 13.3. The third kappa shape index (κ3) is 5.99. The van der Waals surface area contributed by atoms with Crippen LogP contribution in [0.2, 0.25) is 5.02 Å². The molecule has 1 heterocycles. The van der Waals surface area contributed by atoms with E-state index in [2.05, 4.69) is 0 Å². The van der Waals surface area contributed by atoms with E-state index in [0.29, 0.717) is 28.6 Å². The first-order valence-corrected chi connectivity index (χ1v) is 14.3. The zero-order valence-electron chi connectivity index (χ0n) is 21.5. The first-order valence-electron chi connectivity index (χ1n) is 12.4. The van der Waals surface area contributed by atoms with Gasteiger partial charge in [-0.15, -0.1) is 0 Å². The Hall–Kier alpha value is -4.64. The second-order valence-electron chi connectivity index (χ2n) is 9.09. The van der Waals surface area contributed by atoms with Crippen molar-refractivity contribution in [3.8, 4) is 28.8 Å². The Labute approximate surface area is 238 Å². The summed E-state index contributed by atoms with van der Waals surface area (Å²) in [5.41, 5.74) is 4.78. The molecule has 8 heteroatoms. The summed E-state index contributed by atoms with van der Waals surface area (Å²) in [4.78, 5) is -0.418. The van der Waals surface area contributed by atoms with Crippen molar-refractivity contribution >= 4 is 27.5 Å². The number of nitriles is 1. The Bertz CT molecular complexity index is 1800. The number of hydrogen-bond donors (Lipinski definition) is 0. The minimum Gasteiger partial charge on any atom is -0.489 e. The van der Waals surface area contributed by atoms with Crippen molar-refractivity contribution in [2.24, 2.45) is 0 Å². The van der Waals surface area contributed by atoms with Crippen molar-refractivity contribution in [1.82, 2.24) is 9.78 Å². The van der Waals surface area contributed by atoms with Crippen LogP contribution in [-0.2, 0) is 16.4 Å². The smallest absolute Gasteiger partial charge is 0.216 e. The lowest BCUT2D eigenvalue weighted by molar-refractivity contribution is 0.306. The first-order chi connectivity index (χ1) is 19.3. The second-order valence-corrected chi connectivity index (χ2v) is 11.4. The van der Waals surface area contributed by atoms with Crippen LogP contribution >= 0.6 is 11.6 Å².